The van der Waals surface area contributed by atoms with Crippen molar-refractivity contribution in [1.29, 1.82) is 0 Å². The van der Waals surface area contributed by atoms with Crippen molar-refractivity contribution in [1.82, 2.24) is 9.88 Å². The predicted octanol–water partition coefficient (Wildman–Crippen LogP) is 1.46. The Kier molecular flexibility index (Phi) is 3.87. The Labute approximate surface area is 111 Å². The second kappa shape index (κ2) is 5.42. The maximum Gasteiger partial charge on any atom is 0.328 e. The monoisotopic (exact) mass is 266 g/mol. The zero-order valence-corrected chi connectivity index (χ0v) is 11.4. The lowest BCUT2D eigenvalue weighted by Crippen LogP contribution is -2.48. The summed E-state index contributed by atoms with van der Waals surface area (Å²) in [6, 6.07) is -0.518. The van der Waals surface area contributed by atoms with Gasteiger partial charge in [-0.25, -0.2) is 9.78 Å². The van der Waals surface area contributed by atoms with Gasteiger partial charge in [0.05, 0.1) is 12.8 Å². The fourth-order valence-corrected chi connectivity index (χ4v) is 2.42. The van der Waals surface area contributed by atoms with Crippen molar-refractivity contribution in [2.45, 2.75) is 39.2 Å². The van der Waals surface area contributed by atoms with E-state index in [1.54, 1.807) is 13.8 Å². The zero-order chi connectivity index (χ0) is 14.0. The molecule has 104 valence electrons. The number of nitrogens with zero attached hydrogens (tertiary/aromatic N) is 2. The van der Waals surface area contributed by atoms with Crippen molar-refractivity contribution in [3.63, 3.8) is 0 Å². The van der Waals surface area contributed by atoms with E-state index in [4.69, 9.17) is 9.15 Å². The van der Waals surface area contributed by atoms with E-state index in [9.17, 15) is 9.59 Å². The highest BCUT2D eigenvalue weighted by Gasteiger charge is 2.35. The minimum absolute atomic E-state index is 0.216. The maximum absolute atomic E-state index is 12.4. The summed E-state index contributed by atoms with van der Waals surface area (Å²) < 4.78 is 10.1. The Balaban J connectivity index is 2.25. The number of methoxy groups -OCH3 is 1. The number of piperidine rings is 1. The first-order valence-corrected chi connectivity index (χ1v) is 6.37. The van der Waals surface area contributed by atoms with E-state index >= 15 is 0 Å². The fraction of sp³-hybridized carbons (Fsp3) is 0.615. The molecule has 1 aliphatic heterocycles. The van der Waals surface area contributed by atoms with Gasteiger partial charge in [0.2, 0.25) is 5.76 Å². The molecule has 0 spiro atoms. The van der Waals surface area contributed by atoms with Crippen molar-refractivity contribution >= 4 is 11.9 Å². The van der Waals surface area contributed by atoms with E-state index in [2.05, 4.69) is 4.98 Å². The Bertz CT molecular complexity index is 495. The van der Waals surface area contributed by atoms with Crippen molar-refractivity contribution < 1.29 is 18.7 Å². The van der Waals surface area contributed by atoms with Gasteiger partial charge in [-0.05, 0) is 26.2 Å². The van der Waals surface area contributed by atoms with Crippen LogP contribution < -0.4 is 0 Å². The molecule has 1 aromatic heterocycles. The van der Waals surface area contributed by atoms with Gasteiger partial charge in [-0.3, -0.25) is 4.79 Å². The highest BCUT2D eigenvalue weighted by atomic mass is 16.5. The number of hydrogen-bond donors (Lipinski definition) is 0. The van der Waals surface area contributed by atoms with Gasteiger partial charge in [0.15, 0.2) is 5.89 Å². The highest BCUT2D eigenvalue weighted by Crippen LogP contribution is 2.22. The number of amides is 1. The van der Waals surface area contributed by atoms with Gasteiger partial charge in [0.25, 0.3) is 5.91 Å². The third-order valence-corrected chi connectivity index (χ3v) is 3.33. The lowest BCUT2D eigenvalue weighted by atomic mass is 10.0. The number of esters is 1. The van der Waals surface area contributed by atoms with Gasteiger partial charge in [-0.1, -0.05) is 0 Å². The van der Waals surface area contributed by atoms with Crippen LogP contribution in [0, 0.1) is 13.8 Å². The smallest absolute Gasteiger partial charge is 0.328 e. The quantitative estimate of drug-likeness (QED) is 0.758. The van der Waals surface area contributed by atoms with Crippen molar-refractivity contribution in [2.24, 2.45) is 0 Å². The number of carbonyl (C=O) groups is 2. The summed E-state index contributed by atoms with van der Waals surface area (Å²) in [5.41, 5.74) is 0.552. The largest absolute Gasteiger partial charge is 0.467 e. The first kappa shape index (κ1) is 13.6. The summed E-state index contributed by atoms with van der Waals surface area (Å²) in [5.74, 6) is 0.0101. The molecule has 1 fully saturated rings. The molecule has 2 heterocycles. The average Bonchev–Trinajstić information content (AvgIpc) is 2.76. The lowest BCUT2D eigenvalue weighted by molar-refractivity contribution is -0.147. The predicted molar refractivity (Wildman–Crippen MR) is 66.7 cm³/mol. The van der Waals surface area contributed by atoms with E-state index in [0.29, 0.717) is 24.6 Å². The normalized spacial score (nSPS) is 19.3. The fourth-order valence-electron chi connectivity index (χ4n) is 2.42. The molecule has 6 nitrogen and oxygen atoms in total. The SMILES string of the molecule is COC(=O)C1CCCCN1C(=O)c1oc(C)nc1C. The molecule has 0 saturated carbocycles. The van der Waals surface area contributed by atoms with E-state index in [0.717, 1.165) is 12.8 Å². The Hall–Kier alpha value is -1.85. The molecular formula is C13H18N2O4. The number of aromatic nitrogens is 1. The van der Waals surface area contributed by atoms with Crippen LogP contribution in [-0.4, -0.2) is 41.5 Å². The van der Waals surface area contributed by atoms with Gasteiger partial charge in [0.1, 0.15) is 6.04 Å². The molecule has 0 aromatic carbocycles. The van der Waals surface area contributed by atoms with E-state index in [1.807, 2.05) is 0 Å². The summed E-state index contributed by atoms with van der Waals surface area (Å²) in [6.07, 6.45) is 2.42. The molecule has 6 heteroatoms. The average molecular weight is 266 g/mol. The number of aryl methyl sites for hydroxylation is 2. The first-order chi connectivity index (χ1) is 9.04. The summed E-state index contributed by atoms with van der Waals surface area (Å²) >= 11 is 0. The van der Waals surface area contributed by atoms with Crippen LogP contribution in [0.25, 0.3) is 0 Å². The number of rotatable bonds is 2. The highest BCUT2D eigenvalue weighted by molar-refractivity contribution is 5.95. The molecule has 1 amide bonds. The molecule has 0 aliphatic carbocycles. The summed E-state index contributed by atoms with van der Waals surface area (Å²) in [6.45, 7) is 3.95. The second-order valence-corrected chi connectivity index (χ2v) is 4.68. The zero-order valence-electron chi connectivity index (χ0n) is 11.4. The number of carbonyl (C=O) groups excluding carboxylic acids is 2. The van der Waals surface area contributed by atoms with Crippen molar-refractivity contribution in [2.75, 3.05) is 13.7 Å². The third kappa shape index (κ3) is 2.62. The Morgan fingerprint density at radius 2 is 2.11 bits per heavy atom. The molecule has 2 rings (SSSR count). The minimum atomic E-state index is -0.518. The first-order valence-electron chi connectivity index (χ1n) is 6.37. The summed E-state index contributed by atoms with van der Waals surface area (Å²) in [4.78, 5) is 29.8. The Morgan fingerprint density at radius 3 is 2.68 bits per heavy atom. The van der Waals surface area contributed by atoms with Crippen LogP contribution >= 0.6 is 0 Å². The van der Waals surface area contributed by atoms with Crippen molar-refractivity contribution in [3.05, 3.63) is 17.3 Å². The van der Waals surface area contributed by atoms with Gasteiger partial charge in [-0.15, -0.1) is 0 Å². The molecule has 0 bridgehead atoms. The van der Waals surface area contributed by atoms with Gasteiger partial charge < -0.3 is 14.1 Å². The molecule has 19 heavy (non-hydrogen) atoms. The lowest BCUT2D eigenvalue weighted by Gasteiger charge is -2.33. The molecule has 0 radical (unpaired) electrons. The molecular weight excluding hydrogens is 248 g/mol. The number of oxazole rings is 1. The van der Waals surface area contributed by atoms with Gasteiger partial charge >= 0.3 is 5.97 Å². The maximum atomic E-state index is 12.4. The standard InChI is InChI=1S/C13H18N2O4/c1-8-11(19-9(2)14-8)12(16)15-7-5-4-6-10(15)13(17)18-3/h10H,4-7H2,1-3H3. The Morgan fingerprint density at radius 1 is 1.37 bits per heavy atom. The molecule has 1 saturated heterocycles. The second-order valence-electron chi connectivity index (χ2n) is 4.68. The van der Waals surface area contributed by atoms with E-state index in [1.165, 1.54) is 12.0 Å². The number of hydrogen-bond acceptors (Lipinski definition) is 5. The van der Waals surface area contributed by atoms with Crippen LogP contribution in [0.3, 0.4) is 0 Å². The van der Waals surface area contributed by atoms with Crippen LogP contribution in [0.15, 0.2) is 4.42 Å². The molecule has 1 atom stereocenters. The van der Waals surface area contributed by atoms with Crippen LogP contribution in [0.4, 0.5) is 0 Å². The van der Waals surface area contributed by atoms with Crippen LogP contribution in [-0.2, 0) is 9.53 Å². The molecule has 1 aliphatic rings. The number of likely N-dealkylation sites (tertiary alicyclic amines) is 1. The summed E-state index contributed by atoms with van der Waals surface area (Å²) in [7, 11) is 1.34. The van der Waals surface area contributed by atoms with Gasteiger partial charge in [-0.2, -0.15) is 0 Å². The summed E-state index contributed by atoms with van der Waals surface area (Å²) in [5, 5.41) is 0. The van der Waals surface area contributed by atoms with Crippen LogP contribution in [0.2, 0.25) is 0 Å². The molecule has 1 aromatic rings. The minimum Gasteiger partial charge on any atom is -0.467 e. The number of ether oxygens (including phenoxy) is 1. The third-order valence-electron chi connectivity index (χ3n) is 3.33. The van der Waals surface area contributed by atoms with Crippen LogP contribution in [0.1, 0.15) is 41.4 Å². The topological polar surface area (TPSA) is 72.6 Å². The van der Waals surface area contributed by atoms with Crippen molar-refractivity contribution in [3.8, 4) is 0 Å². The van der Waals surface area contributed by atoms with Crippen LogP contribution in [0.5, 0.6) is 0 Å². The molecule has 0 N–H and O–H groups in total. The molecule has 1 unspecified atom stereocenters. The van der Waals surface area contributed by atoms with Gasteiger partial charge in [0, 0.05) is 13.5 Å². The van der Waals surface area contributed by atoms with E-state index in [-0.39, 0.29) is 17.6 Å². The van der Waals surface area contributed by atoms with E-state index < -0.39 is 6.04 Å².